The molecule has 21 heavy (non-hydrogen) atoms. The van der Waals surface area contributed by atoms with Crippen LogP contribution >= 0.6 is 0 Å². The minimum atomic E-state index is -1.90. The van der Waals surface area contributed by atoms with Crippen LogP contribution in [-0.2, 0) is 0 Å². The maximum atomic E-state index is 4.63. The summed E-state index contributed by atoms with van der Waals surface area (Å²) >= 11 is 0. The van der Waals surface area contributed by atoms with Crippen LogP contribution in [0.2, 0.25) is 12.1 Å². The maximum Gasteiger partial charge on any atom is 0.273 e. The van der Waals surface area contributed by atoms with Crippen molar-refractivity contribution in [2.45, 2.75) is 65.5 Å². The summed E-state index contributed by atoms with van der Waals surface area (Å²) in [5.41, 5.74) is 0. The zero-order valence-electron chi connectivity index (χ0n) is 14.2. The average Bonchev–Trinajstić information content (AvgIpc) is 3.10. The summed E-state index contributed by atoms with van der Waals surface area (Å²) in [5.74, 6) is 3.29. The number of rotatable bonds is 6. The quantitative estimate of drug-likeness (QED) is 0.750. The summed E-state index contributed by atoms with van der Waals surface area (Å²) in [4.78, 5) is 9.25. The van der Waals surface area contributed by atoms with Gasteiger partial charge in [0.15, 0.2) is 0 Å². The van der Waals surface area contributed by atoms with Crippen LogP contribution in [0.25, 0.3) is 0 Å². The van der Waals surface area contributed by atoms with Crippen molar-refractivity contribution in [1.82, 2.24) is 18.4 Å². The Bertz CT molecular complexity index is 530. The van der Waals surface area contributed by atoms with E-state index < -0.39 is 8.40 Å². The Morgan fingerprint density at radius 2 is 1.24 bits per heavy atom. The molecule has 0 aliphatic carbocycles. The van der Waals surface area contributed by atoms with Gasteiger partial charge in [-0.25, -0.2) is 9.97 Å². The van der Waals surface area contributed by atoms with Crippen LogP contribution in [-0.4, -0.2) is 26.8 Å². The molecule has 0 N–H and O–H groups in total. The highest BCUT2D eigenvalue weighted by molar-refractivity contribution is 6.76. The van der Waals surface area contributed by atoms with Gasteiger partial charge in [0.25, 0.3) is 8.40 Å². The number of hydrogen-bond acceptors (Lipinski definition) is 2. The van der Waals surface area contributed by atoms with Gasteiger partial charge >= 0.3 is 0 Å². The van der Waals surface area contributed by atoms with E-state index in [2.05, 4.69) is 72.4 Å². The Kier molecular flexibility index (Phi) is 4.71. The van der Waals surface area contributed by atoms with Gasteiger partial charge < -0.3 is 8.47 Å². The molecule has 5 heteroatoms. The molecule has 0 fully saturated rings. The van der Waals surface area contributed by atoms with Crippen LogP contribution in [0.4, 0.5) is 0 Å². The Morgan fingerprint density at radius 3 is 1.52 bits per heavy atom. The number of imidazole rings is 2. The highest BCUT2D eigenvalue weighted by Gasteiger charge is 2.38. The van der Waals surface area contributed by atoms with Crippen LogP contribution in [0.1, 0.15) is 65.0 Å². The first-order valence-corrected chi connectivity index (χ1v) is 10.4. The summed E-state index contributed by atoms with van der Waals surface area (Å²) < 4.78 is 4.98. The monoisotopic (exact) mass is 304 g/mol. The first kappa shape index (κ1) is 16.0. The van der Waals surface area contributed by atoms with E-state index in [1.807, 2.05) is 12.4 Å². The highest BCUT2D eigenvalue weighted by atomic mass is 28.3. The lowest BCUT2D eigenvalue weighted by Crippen LogP contribution is -2.51. The first-order valence-electron chi connectivity index (χ1n) is 8.05. The normalized spacial score (nSPS) is 12.6. The van der Waals surface area contributed by atoms with E-state index in [4.69, 9.17) is 0 Å². The summed E-state index contributed by atoms with van der Waals surface area (Å²) in [5, 5.41) is 0. The van der Waals surface area contributed by atoms with Crippen molar-refractivity contribution in [2.24, 2.45) is 0 Å². The molecule has 0 aliphatic rings. The SMILES string of the molecule is CC[Si](CC)(n1ccnc1C(C)C)n1ccnc1C(C)C. The second-order valence-electron chi connectivity index (χ2n) is 6.31. The van der Waals surface area contributed by atoms with Crippen molar-refractivity contribution >= 4 is 8.40 Å². The zero-order chi connectivity index (χ0) is 15.6. The van der Waals surface area contributed by atoms with Crippen molar-refractivity contribution in [3.05, 3.63) is 36.4 Å². The van der Waals surface area contributed by atoms with Gasteiger partial charge in [-0.05, 0) is 12.1 Å². The molecule has 0 aliphatic heterocycles. The number of aromatic nitrogens is 4. The molecule has 2 aromatic heterocycles. The smallest absolute Gasteiger partial charge is 0.273 e. The van der Waals surface area contributed by atoms with E-state index in [1.165, 1.54) is 11.6 Å². The minimum Gasteiger partial charge on any atom is -0.343 e. The molecule has 0 aromatic carbocycles. The van der Waals surface area contributed by atoms with Gasteiger partial charge in [-0.3, -0.25) is 0 Å². The molecule has 0 spiro atoms. The third-order valence-corrected chi connectivity index (χ3v) is 9.22. The van der Waals surface area contributed by atoms with Gasteiger partial charge in [0.1, 0.15) is 11.6 Å². The Labute approximate surface area is 129 Å². The summed E-state index contributed by atoms with van der Waals surface area (Å²) in [7, 11) is -1.90. The van der Waals surface area contributed by atoms with Crippen LogP contribution in [0.5, 0.6) is 0 Å². The van der Waals surface area contributed by atoms with Gasteiger partial charge in [-0.15, -0.1) is 0 Å². The summed E-state index contributed by atoms with van der Waals surface area (Å²) in [6.45, 7) is 13.5. The molecule has 0 radical (unpaired) electrons. The molecule has 0 unspecified atom stereocenters. The van der Waals surface area contributed by atoms with Crippen LogP contribution in [0.15, 0.2) is 24.8 Å². The third-order valence-electron chi connectivity index (χ3n) is 4.40. The molecule has 4 nitrogen and oxygen atoms in total. The molecular weight excluding hydrogens is 276 g/mol. The van der Waals surface area contributed by atoms with Crippen molar-refractivity contribution < 1.29 is 0 Å². The van der Waals surface area contributed by atoms with E-state index in [0.29, 0.717) is 11.8 Å². The predicted molar refractivity (Wildman–Crippen MR) is 90.1 cm³/mol. The summed E-state index contributed by atoms with van der Waals surface area (Å²) in [6.07, 6.45) is 8.26. The predicted octanol–water partition coefficient (Wildman–Crippen LogP) is 4.20. The standard InChI is InChI=1S/C16H28N4Si/c1-7-21(8-2,19-11-9-17-15(19)13(3)4)20-12-10-18-16(20)14(5)6/h9-14H,7-8H2,1-6H3. The van der Waals surface area contributed by atoms with Gasteiger partial charge in [-0.1, -0.05) is 41.5 Å². The number of hydrogen-bond donors (Lipinski definition) is 0. The average molecular weight is 305 g/mol. The van der Waals surface area contributed by atoms with Crippen molar-refractivity contribution in [3.8, 4) is 0 Å². The van der Waals surface area contributed by atoms with E-state index in [-0.39, 0.29) is 0 Å². The van der Waals surface area contributed by atoms with Crippen LogP contribution in [0, 0.1) is 0 Å². The lowest BCUT2D eigenvalue weighted by molar-refractivity contribution is 0.720. The molecule has 0 amide bonds. The molecule has 0 saturated carbocycles. The largest absolute Gasteiger partial charge is 0.343 e. The Hall–Kier alpha value is -1.36. The topological polar surface area (TPSA) is 35.6 Å². The fourth-order valence-electron chi connectivity index (χ4n) is 3.24. The van der Waals surface area contributed by atoms with Crippen molar-refractivity contribution in [3.63, 3.8) is 0 Å². The number of nitrogens with zero attached hydrogens (tertiary/aromatic N) is 4. The van der Waals surface area contributed by atoms with Gasteiger partial charge in [-0.2, -0.15) is 0 Å². The molecule has 0 atom stereocenters. The van der Waals surface area contributed by atoms with Crippen LogP contribution < -0.4 is 0 Å². The Morgan fingerprint density at radius 1 is 0.857 bits per heavy atom. The second kappa shape index (κ2) is 6.18. The zero-order valence-corrected chi connectivity index (χ0v) is 15.2. The molecule has 116 valence electrons. The molecule has 2 rings (SSSR count). The third kappa shape index (κ3) is 2.59. The first-order chi connectivity index (χ1) is 9.97. The van der Waals surface area contributed by atoms with E-state index >= 15 is 0 Å². The van der Waals surface area contributed by atoms with Gasteiger partial charge in [0, 0.05) is 36.6 Å². The minimum absolute atomic E-state index is 0.441. The fraction of sp³-hybridized carbons (Fsp3) is 0.625. The maximum absolute atomic E-state index is 4.63. The molecule has 0 saturated heterocycles. The van der Waals surface area contributed by atoms with Gasteiger partial charge in [0.2, 0.25) is 0 Å². The molecular formula is C16H28N4Si. The highest BCUT2D eigenvalue weighted by Crippen LogP contribution is 2.28. The fourth-order valence-corrected chi connectivity index (χ4v) is 7.50. The van der Waals surface area contributed by atoms with Crippen LogP contribution in [0.3, 0.4) is 0 Å². The summed E-state index contributed by atoms with van der Waals surface area (Å²) in [6, 6.07) is 2.30. The van der Waals surface area contributed by atoms with Crippen molar-refractivity contribution in [2.75, 3.05) is 0 Å². The Balaban J connectivity index is 2.65. The lowest BCUT2D eigenvalue weighted by atomic mass is 10.2. The van der Waals surface area contributed by atoms with E-state index in [9.17, 15) is 0 Å². The van der Waals surface area contributed by atoms with E-state index in [0.717, 1.165) is 12.1 Å². The lowest BCUT2D eigenvalue weighted by Gasteiger charge is -2.35. The second-order valence-corrected chi connectivity index (χ2v) is 10.7. The molecule has 2 aromatic rings. The van der Waals surface area contributed by atoms with Crippen molar-refractivity contribution in [1.29, 1.82) is 0 Å². The molecule has 0 bridgehead atoms. The van der Waals surface area contributed by atoms with E-state index in [1.54, 1.807) is 0 Å². The van der Waals surface area contributed by atoms with Gasteiger partial charge in [0.05, 0.1) is 0 Å². The molecule has 2 heterocycles.